The van der Waals surface area contributed by atoms with E-state index in [1.807, 2.05) is 0 Å². The molecule has 118 valence electrons. The number of hydrogen-bond donors (Lipinski definition) is 1. The Morgan fingerprint density at radius 2 is 1.86 bits per heavy atom. The minimum absolute atomic E-state index is 0.123. The van der Waals surface area contributed by atoms with Gasteiger partial charge >= 0.3 is 0 Å². The van der Waals surface area contributed by atoms with Crippen LogP contribution in [0.4, 0.5) is 0 Å². The number of piperidine rings is 1. The van der Waals surface area contributed by atoms with Crippen molar-refractivity contribution < 1.29 is 14.4 Å². The van der Waals surface area contributed by atoms with Crippen LogP contribution in [-0.4, -0.2) is 35.7 Å². The van der Waals surface area contributed by atoms with E-state index in [2.05, 4.69) is 5.32 Å². The number of imide groups is 1. The first kappa shape index (κ1) is 16.8. The lowest BCUT2D eigenvalue weighted by molar-refractivity contribution is -0.148. The van der Waals surface area contributed by atoms with E-state index in [-0.39, 0.29) is 37.2 Å². The maximum absolute atomic E-state index is 11.9. The number of halogens is 2. The second kappa shape index (κ2) is 7.61. The number of likely N-dealkylation sites (tertiary alicyclic amines) is 1. The summed E-state index contributed by atoms with van der Waals surface area (Å²) in [5, 5.41) is 3.63. The molecule has 2 rings (SSSR count). The standard InChI is InChI=1S/C15H16Cl2N2O3/c16-11-5-4-10(12(17)9-11)8-13(20)18-6-7-19-14(21)2-1-3-15(19)22/h4-5,9H,1-3,6-8H2,(H,18,20). The average Bonchev–Trinajstić information content (AvgIpc) is 2.45. The maximum atomic E-state index is 11.9. The van der Waals surface area contributed by atoms with Gasteiger partial charge in [-0.3, -0.25) is 19.3 Å². The fourth-order valence-corrected chi connectivity index (χ4v) is 2.73. The quantitative estimate of drug-likeness (QED) is 0.834. The Kier molecular flexibility index (Phi) is 5.80. The van der Waals surface area contributed by atoms with Crippen LogP contribution >= 0.6 is 23.2 Å². The van der Waals surface area contributed by atoms with Gasteiger partial charge in [0.25, 0.3) is 0 Å². The highest BCUT2D eigenvalue weighted by Crippen LogP contribution is 2.21. The van der Waals surface area contributed by atoms with E-state index in [0.717, 1.165) is 0 Å². The minimum atomic E-state index is -0.221. The largest absolute Gasteiger partial charge is 0.354 e. The summed E-state index contributed by atoms with van der Waals surface area (Å²) >= 11 is 11.8. The third-order valence-corrected chi connectivity index (χ3v) is 3.99. The summed E-state index contributed by atoms with van der Waals surface area (Å²) in [6.45, 7) is 0.444. The first-order valence-corrected chi connectivity index (χ1v) is 7.77. The van der Waals surface area contributed by atoms with Crippen LogP contribution in [0.3, 0.4) is 0 Å². The summed E-state index contributed by atoms with van der Waals surface area (Å²) in [5.41, 5.74) is 0.675. The van der Waals surface area contributed by atoms with E-state index in [4.69, 9.17) is 23.2 Å². The third kappa shape index (κ3) is 4.45. The van der Waals surface area contributed by atoms with Gasteiger partial charge in [-0.25, -0.2) is 0 Å². The first-order chi connectivity index (χ1) is 10.5. The van der Waals surface area contributed by atoms with Gasteiger partial charge in [-0.05, 0) is 24.1 Å². The lowest BCUT2D eigenvalue weighted by atomic mass is 10.1. The number of nitrogens with zero attached hydrogens (tertiary/aromatic N) is 1. The molecule has 1 N–H and O–H groups in total. The van der Waals surface area contributed by atoms with Gasteiger partial charge in [0.05, 0.1) is 6.42 Å². The van der Waals surface area contributed by atoms with Gasteiger partial charge in [0, 0.05) is 36.0 Å². The number of carbonyl (C=O) groups is 3. The highest BCUT2D eigenvalue weighted by molar-refractivity contribution is 6.35. The Morgan fingerprint density at radius 3 is 2.50 bits per heavy atom. The van der Waals surface area contributed by atoms with Gasteiger partial charge in [0.1, 0.15) is 0 Å². The Hall–Kier alpha value is -1.59. The van der Waals surface area contributed by atoms with Crippen molar-refractivity contribution >= 4 is 40.9 Å². The van der Waals surface area contributed by atoms with Crippen molar-refractivity contribution in [1.82, 2.24) is 10.2 Å². The molecule has 0 aromatic heterocycles. The van der Waals surface area contributed by atoms with Crippen molar-refractivity contribution in [3.63, 3.8) is 0 Å². The molecule has 1 heterocycles. The average molecular weight is 343 g/mol. The SMILES string of the molecule is O=C(Cc1ccc(Cl)cc1Cl)NCCN1C(=O)CCCC1=O. The van der Waals surface area contributed by atoms with Crippen molar-refractivity contribution in [1.29, 1.82) is 0 Å². The molecule has 1 aliphatic heterocycles. The van der Waals surface area contributed by atoms with Crippen LogP contribution in [-0.2, 0) is 20.8 Å². The summed E-state index contributed by atoms with van der Waals surface area (Å²) in [4.78, 5) is 36.3. The minimum Gasteiger partial charge on any atom is -0.354 e. The van der Waals surface area contributed by atoms with E-state index >= 15 is 0 Å². The third-order valence-electron chi connectivity index (χ3n) is 3.41. The summed E-state index contributed by atoms with van der Waals surface area (Å²) in [5.74, 6) is -0.571. The van der Waals surface area contributed by atoms with Crippen LogP contribution in [0.15, 0.2) is 18.2 Å². The topological polar surface area (TPSA) is 66.5 Å². The molecular weight excluding hydrogens is 327 g/mol. The molecule has 0 bridgehead atoms. The van der Waals surface area contributed by atoms with Crippen LogP contribution in [0.25, 0.3) is 0 Å². The van der Waals surface area contributed by atoms with Crippen molar-refractivity contribution in [2.75, 3.05) is 13.1 Å². The smallest absolute Gasteiger partial charge is 0.229 e. The van der Waals surface area contributed by atoms with E-state index in [1.165, 1.54) is 4.90 Å². The number of nitrogens with one attached hydrogen (secondary N) is 1. The van der Waals surface area contributed by atoms with E-state index in [1.54, 1.807) is 18.2 Å². The zero-order valence-electron chi connectivity index (χ0n) is 11.9. The summed E-state index contributed by atoms with van der Waals surface area (Å²) < 4.78 is 0. The number of carbonyl (C=O) groups excluding carboxylic acids is 3. The molecule has 1 saturated heterocycles. The Balaban J connectivity index is 1.80. The zero-order valence-corrected chi connectivity index (χ0v) is 13.4. The van der Waals surface area contributed by atoms with E-state index in [0.29, 0.717) is 34.9 Å². The van der Waals surface area contributed by atoms with Gasteiger partial charge in [-0.15, -0.1) is 0 Å². The molecule has 22 heavy (non-hydrogen) atoms. The Morgan fingerprint density at radius 1 is 1.18 bits per heavy atom. The Labute approximate surface area is 138 Å². The summed E-state index contributed by atoms with van der Waals surface area (Å²) in [6.07, 6.45) is 1.51. The van der Waals surface area contributed by atoms with Crippen molar-refractivity contribution in [2.45, 2.75) is 25.7 Å². The number of hydrogen-bond acceptors (Lipinski definition) is 3. The second-order valence-electron chi connectivity index (χ2n) is 5.06. The molecule has 1 aliphatic rings. The predicted octanol–water partition coefficient (Wildman–Crippen LogP) is 2.19. The van der Waals surface area contributed by atoms with Crippen LogP contribution in [0.1, 0.15) is 24.8 Å². The number of amides is 3. The number of rotatable bonds is 5. The van der Waals surface area contributed by atoms with Crippen LogP contribution in [0.2, 0.25) is 10.0 Å². The van der Waals surface area contributed by atoms with Gasteiger partial charge in [0.15, 0.2) is 0 Å². The highest BCUT2D eigenvalue weighted by Gasteiger charge is 2.25. The normalized spacial score (nSPS) is 15.1. The van der Waals surface area contributed by atoms with E-state index < -0.39 is 0 Å². The second-order valence-corrected chi connectivity index (χ2v) is 5.90. The van der Waals surface area contributed by atoms with Gasteiger partial charge in [0.2, 0.25) is 17.7 Å². The molecule has 1 aromatic carbocycles. The van der Waals surface area contributed by atoms with Crippen LogP contribution in [0.5, 0.6) is 0 Å². The molecule has 5 nitrogen and oxygen atoms in total. The highest BCUT2D eigenvalue weighted by atomic mass is 35.5. The lowest BCUT2D eigenvalue weighted by Gasteiger charge is -2.24. The molecule has 3 amide bonds. The molecule has 1 fully saturated rings. The maximum Gasteiger partial charge on any atom is 0.229 e. The fourth-order valence-electron chi connectivity index (χ4n) is 2.26. The molecule has 1 aromatic rings. The zero-order chi connectivity index (χ0) is 16.1. The molecule has 0 radical (unpaired) electrons. The first-order valence-electron chi connectivity index (χ1n) is 7.01. The summed E-state index contributed by atoms with van der Waals surface area (Å²) in [7, 11) is 0. The molecule has 0 spiro atoms. The van der Waals surface area contributed by atoms with Crippen molar-refractivity contribution in [3.05, 3.63) is 33.8 Å². The van der Waals surface area contributed by atoms with Crippen molar-refractivity contribution in [3.8, 4) is 0 Å². The lowest BCUT2D eigenvalue weighted by Crippen LogP contribution is -2.44. The molecule has 0 aliphatic carbocycles. The van der Waals surface area contributed by atoms with Gasteiger partial charge in [-0.1, -0.05) is 29.3 Å². The Bertz CT molecular complexity index is 588. The predicted molar refractivity (Wildman–Crippen MR) is 83.7 cm³/mol. The molecule has 0 atom stereocenters. The molecular formula is C15H16Cl2N2O3. The molecule has 0 unspecified atom stereocenters. The van der Waals surface area contributed by atoms with Crippen LogP contribution < -0.4 is 5.32 Å². The van der Waals surface area contributed by atoms with Crippen molar-refractivity contribution in [2.24, 2.45) is 0 Å². The van der Waals surface area contributed by atoms with Gasteiger partial charge in [-0.2, -0.15) is 0 Å². The van der Waals surface area contributed by atoms with Gasteiger partial charge < -0.3 is 5.32 Å². The van der Waals surface area contributed by atoms with Crippen LogP contribution in [0, 0.1) is 0 Å². The van der Waals surface area contributed by atoms with E-state index in [9.17, 15) is 14.4 Å². The fraction of sp³-hybridized carbons (Fsp3) is 0.400. The molecule has 0 saturated carbocycles. The molecule has 7 heteroatoms. The monoisotopic (exact) mass is 342 g/mol. The number of benzene rings is 1. The summed E-state index contributed by atoms with van der Waals surface area (Å²) in [6, 6.07) is 4.94.